The number of aryl methyl sites for hydroxylation is 4. The van der Waals surface area contributed by atoms with Gasteiger partial charge in [0.2, 0.25) is 0 Å². The molecule has 146 valence electrons. The van der Waals surface area contributed by atoms with Gasteiger partial charge in [-0.1, -0.05) is 0 Å². The Labute approximate surface area is 177 Å². The molecule has 0 aliphatic carbocycles. The third-order valence-corrected chi connectivity index (χ3v) is 16.0. The van der Waals surface area contributed by atoms with Gasteiger partial charge in [0.1, 0.15) is 0 Å². The van der Waals surface area contributed by atoms with E-state index in [0.29, 0.717) is 0 Å². The van der Waals surface area contributed by atoms with Crippen LogP contribution in [0.25, 0.3) is 0 Å². The normalized spacial score (nSPS) is 12.0. The Kier molecular flexibility index (Phi) is 5.48. The third kappa shape index (κ3) is 3.70. The van der Waals surface area contributed by atoms with Gasteiger partial charge in [-0.05, 0) is 0 Å². The predicted octanol–water partition coefficient (Wildman–Crippen LogP) is 4.03. The Morgan fingerprint density at radius 1 is 0.310 bits per heavy atom. The zero-order valence-corrected chi connectivity index (χ0v) is 19.8. The summed E-state index contributed by atoms with van der Waals surface area (Å²) in [7, 11) is 0. The van der Waals surface area contributed by atoms with Crippen LogP contribution >= 0.6 is 0 Å². The zero-order chi connectivity index (χ0) is 20.4. The first-order chi connectivity index (χ1) is 14.0. The summed E-state index contributed by atoms with van der Waals surface area (Å²) in [6, 6.07) is 37.1. The first kappa shape index (κ1) is 19.7. The van der Waals surface area contributed by atoms with Crippen molar-refractivity contribution in [2.24, 2.45) is 0 Å². The molecule has 29 heavy (non-hydrogen) atoms. The molecule has 4 rings (SSSR count). The summed E-state index contributed by atoms with van der Waals surface area (Å²) in [5.74, 6) is 0. The minimum absolute atomic E-state index is 1.31. The molecule has 0 saturated carbocycles. The van der Waals surface area contributed by atoms with Gasteiger partial charge in [0, 0.05) is 0 Å². The molecule has 0 spiro atoms. The number of hydrogen-bond donors (Lipinski definition) is 0. The van der Waals surface area contributed by atoms with Crippen LogP contribution in [0.2, 0.25) is 0 Å². The quantitative estimate of drug-likeness (QED) is 0.421. The zero-order valence-electron chi connectivity index (χ0n) is 17.7. The molecule has 0 atom stereocenters. The molecule has 1 heteroatoms. The van der Waals surface area contributed by atoms with Gasteiger partial charge in [-0.25, -0.2) is 0 Å². The molecule has 0 nitrogen and oxygen atoms in total. The first-order valence-corrected chi connectivity index (χ1v) is 14.5. The van der Waals surface area contributed by atoms with Crippen LogP contribution < -0.4 is 17.4 Å². The van der Waals surface area contributed by atoms with Crippen LogP contribution in [0.1, 0.15) is 22.3 Å². The predicted molar refractivity (Wildman–Crippen MR) is 130 cm³/mol. The Morgan fingerprint density at radius 3 is 0.655 bits per heavy atom. The summed E-state index contributed by atoms with van der Waals surface area (Å²) in [5.41, 5.74) is 5.23. The van der Waals surface area contributed by atoms with Gasteiger partial charge in [0.15, 0.2) is 0 Å². The standard InChI is InChI=1S/C28H29As/c1-21-5-13-25(14-6-21)29(26-15-7-22(2)8-16-26,27-17-9-23(3)10-18-27)28-19-11-24(4)12-20-28/h5-20,29H,1-4H3. The second-order valence-electron chi connectivity index (χ2n) is 8.21. The minimum atomic E-state index is -3.10. The first-order valence-electron chi connectivity index (χ1n) is 10.3. The molecule has 0 N–H and O–H groups in total. The van der Waals surface area contributed by atoms with E-state index in [9.17, 15) is 0 Å². The van der Waals surface area contributed by atoms with Gasteiger partial charge in [0.05, 0.1) is 0 Å². The summed E-state index contributed by atoms with van der Waals surface area (Å²) in [6.07, 6.45) is 0. The summed E-state index contributed by atoms with van der Waals surface area (Å²) < 4.78 is 5.92. The molecule has 0 unspecified atom stereocenters. The van der Waals surface area contributed by atoms with Crippen molar-refractivity contribution in [2.75, 3.05) is 0 Å². The van der Waals surface area contributed by atoms with Gasteiger partial charge < -0.3 is 0 Å². The van der Waals surface area contributed by atoms with Crippen LogP contribution in [0.5, 0.6) is 0 Å². The fourth-order valence-electron chi connectivity index (χ4n) is 4.21. The molecule has 0 aliphatic rings. The second kappa shape index (κ2) is 8.05. The Balaban J connectivity index is 2.11. The van der Waals surface area contributed by atoms with E-state index >= 15 is 0 Å². The van der Waals surface area contributed by atoms with E-state index in [4.69, 9.17) is 0 Å². The van der Waals surface area contributed by atoms with Crippen LogP contribution in [0.4, 0.5) is 0 Å². The Hall–Kier alpha value is -2.56. The molecule has 0 aliphatic heterocycles. The average molecular weight is 440 g/mol. The van der Waals surface area contributed by atoms with Crippen molar-refractivity contribution < 1.29 is 0 Å². The summed E-state index contributed by atoms with van der Waals surface area (Å²) in [6.45, 7) is 8.67. The SMILES string of the molecule is Cc1ccc([AsH](c2ccc(C)cc2)(c2ccc(C)cc2)c2ccc(C)cc2)cc1. The Morgan fingerprint density at radius 2 is 0.483 bits per heavy atom. The van der Waals surface area contributed by atoms with Crippen molar-refractivity contribution in [3.63, 3.8) is 0 Å². The van der Waals surface area contributed by atoms with Crippen LogP contribution in [-0.4, -0.2) is 13.6 Å². The average Bonchev–Trinajstić information content (AvgIpc) is 2.73. The van der Waals surface area contributed by atoms with Crippen LogP contribution in [0, 0.1) is 27.7 Å². The van der Waals surface area contributed by atoms with Crippen LogP contribution in [0.3, 0.4) is 0 Å². The van der Waals surface area contributed by atoms with Gasteiger partial charge in [-0.15, -0.1) is 0 Å². The third-order valence-electron chi connectivity index (χ3n) is 5.94. The van der Waals surface area contributed by atoms with Crippen molar-refractivity contribution in [3.05, 3.63) is 119 Å². The molecule has 0 fully saturated rings. The van der Waals surface area contributed by atoms with Crippen molar-refractivity contribution in [1.82, 2.24) is 0 Å². The van der Waals surface area contributed by atoms with Gasteiger partial charge in [0.25, 0.3) is 0 Å². The van der Waals surface area contributed by atoms with Crippen LogP contribution in [-0.2, 0) is 0 Å². The molecular formula is C28H29As. The maximum absolute atomic E-state index is 3.10. The van der Waals surface area contributed by atoms with Gasteiger partial charge in [-0.2, -0.15) is 0 Å². The second-order valence-corrected chi connectivity index (χ2v) is 16.2. The van der Waals surface area contributed by atoms with Crippen molar-refractivity contribution in [3.8, 4) is 0 Å². The van der Waals surface area contributed by atoms with Crippen molar-refractivity contribution in [1.29, 1.82) is 0 Å². The van der Waals surface area contributed by atoms with E-state index in [1.165, 1.54) is 39.7 Å². The Bertz CT molecular complexity index is 900. The van der Waals surface area contributed by atoms with Gasteiger partial charge >= 0.3 is 178 Å². The molecule has 0 aromatic heterocycles. The summed E-state index contributed by atoms with van der Waals surface area (Å²) in [4.78, 5) is 0. The molecule has 0 radical (unpaired) electrons. The van der Waals surface area contributed by atoms with Crippen molar-refractivity contribution >= 4 is 31.0 Å². The van der Waals surface area contributed by atoms with E-state index < -0.39 is 13.6 Å². The molecule has 4 aromatic rings. The van der Waals surface area contributed by atoms with E-state index in [1.54, 1.807) is 0 Å². The topological polar surface area (TPSA) is 0 Å². The summed E-state index contributed by atoms with van der Waals surface area (Å²) in [5, 5.41) is 0. The molecule has 4 aromatic carbocycles. The number of hydrogen-bond acceptors (Lipinski definition) is 0. The van der Waals surface area contributed by atoms with Gasteiger partial charge in [-0.3, -0.25) is 0 Å². The number of benzene rings is 4. The molecular weight excluding hydrogens is 411 g/mol. The van der Waals surface area contributed by atoms with Crippen molar-refractivity contribution in [2.45, 2.75) is 27.7 Å². The number of rotatable bonds is 4. The maximum atomic E-state index is 2.37. The fraction of sp³-hybridized carbons (Fsp3) is 0.143. The van der Waals surface area contributed by atoms with E-state index in [-0.39, 0.29) is 0 Å². The monoisotopic (exact) mass is 440 g/mol. The van der Waals surface area contributed by atoms with Crippen LogP contribution in [0.15, 0.2) is 97.1 Å². The molecule has 0 bridgehead atoms. The molecule has 0 amide bonds. The molecule has 0 heterocycles. The van der Waals surface area contributed by atoms with E-state index in [0.717, 1.165) is 0 Å². The molecule has 0 saturated heterocycles. The summed E-state index contributed by atoms with van der Waals surface area (Å²) >= 11 is -3.10. The fourth-order valence-corrected chi connectivity index (χ4v) is 14.0. The van der Waals surface area contributed by atoms with E-state index in [1.807, 2.05) is 0 Å². The van der Waals surface area contributed by atoms with E-state index in [2.05, 4.69) is 125 Å².